The first-order valence-electron chi connectivity index (χ1n) is 7.02. The highest BCUT2D eigenvalue weighted by molar-refractivity contribution is 6.30. The van der Waals surface area contributed by atoms with Crippen molar-refractivity contribution in [1.82, 2.24) is 0 Å². The molecule has 1 aliphatic carbocycles. The van der Waals surface area contributed by atoms with Crippen LogP contribution in [0.15, 0.2) is 48.5 Å². The summed E-state index contributed by atoms with van der Waals surface area (Å²) in [5.74, 6) is 0.252. The lowest BCUT2D eigenvalue weighted by Crippen LogP contribution is -2.13. The molecule has 0 N–H and O–H groups in total. The largest absolute Gasteiger partial charge is 0.377 e. The standard InChI is InChI=1S/C18H17ClN2/c1-21(2)17-6-4-3-5-15(17)16-11-18(16,12-20)13-7-9-14(19)10-8-13/h3-10,16H,11H2,1-2H3. The minimum atomic E-state index is -0.406. The fraction of sp³-hybridized carbons (Fsp3) is 0.278. The summed E-state index contributed by atoms with van der Waals surface area (Å²) in [5.41, 5.74) is 3.09. The van der Waals surface area contributed by atoms with Crippen molar-refractivity contribution in [3.8, 4) is 6.07 Å². The van der Waals surface area contributed by atoms with Crippen LogP contribution in [0.5, 0.6) is 0 Å². The van der Waals surface area contributed by atoms with Gasteiger partial charge in [0.15, 0.2) is 0 Å². The second-order valence-electron chi connectivity index (χ2n) is 5.80. The van der Waals surface area contributed by atoms with E-state index in [0.717, 1.165) is 12.0 Å². The molecule has 1 fully saturated rings. The van der Waals surface area contributed by atoms with Gasteiger partial charge < -0.3 is 4.90 Å². The lowest BCUT2D eigenvalue weighted by Gasteiger charge is -2.18. The third-order valence-corrected chi connectivity index (χ3v) is 4.57. The van der Waals surface area contributed by atoms with Gasteiger partial charge in [-0.3, -0.25) is 0 Å². The summed E-state index contributed by atoms with van der Waals surface area (Å²) < 4.78 is 0. The molecule has 2 nitrogen and oxygen atoms in total. The van der Waals surface area contributed by atoms with E-state index in [4.69, 9.17) is 11.6 Å². The van der Waals surface area contributed by atoms with Crippen LogP contribution in [0.3, 0.4) is 0 Å². The minimum absolute atomic E-state index is 0.252. The molecule has 2 aromatic carbocycles. The molecule has 2 aromatic rings. The van der Waals surface area contributed by atoms with Gasteiger partial charge in [-0.1, -0.05) is 41.9 Å². The van der Waals surface area contributed by atoms with Crippen molar-refractivity contribution in [1.29, 1.82) is 5.26 Å². The molecule has 2 atom stereocenters. The van der Waals surface area contributed by atoms with Crippen molar-refractivity contribution in [2.24, 2.45) is 0 Å². The average Bonchev–Trinajstić information content (AvgIpc) is 3.24. The van der Waals surface area contributed by atoms with Crippen LogP contribution in [0.4, 0.5) is 5.69 Å². The zero-order valence-corrected chi connectivity index (χ0v) is 12.9. The first-order valence-corrected chi connectivity index (χ1v) is 7.40. The van der Waals surface area contributed by atoms with Crippen molar-refractivity contribution in [3.05, 3.63) is 64.7 Å². The zero-order valence-electron chi connectivity index (χ0n) is 12.2. The Morgan fingerprint density at radius 1 is 1.14 bits per heavy atom. The molecule has 0 spiro atoms. The Hall–Kier alpha value is -1.98. The van der Waals surface area contributed by atoms with E-state index in [1.165, 1.54) is 11.3 Å². The summed E-state index contributed by atoms with van der Waals surface area (Å²) in [4.78, 5) is 2.11. The van der Waals surface area contributed by atoms with Gasteiger partial charge in [0, 0.05) is 30.7 Å². The van der Waals surface area contributed by atoms with Crippen molar-refractivity contribution in [2.45, 2.75) is 17.8 Å². The fourth-order valence-electron chi connectivity index (χ4n) is 3.08. The van der Waals surface area contributed by atoms with Gasteiger partial charge in [0.2, 0.25) is 0 Å². The van der Waals surface area contributed by atoms with E-state index in [-0.39, 0.29) is 5.92 Å². The number of rotatable bonds is 3. The monoisotopic (exact) mass is 296 g/mol. The highest BCUT2D eigenvalue weighted by Gasteiger charge is 2.57. The van der Waals surface area contributed by atoms with E-state index in [1.54, 1.807) is 0 Å². The maximum absolute atomic E-state index is 9.74. The molecule has 3 heteroatoms. The normalized spacial score (nSPS) is 23.4. The van der Waals surface area contributed by atoms with Crippen LogP contribution in [0, 0.1) is 11.3 Å². The fourth-order valence-corrected chi connectivity index (χ4v) is 3.21. The van der Waals surface area contributed by atoms with Crippen LogP contribution in [0.2, 0.25) is 5.02 Å². The first-order chi connectivity index (χ1) is 10.1. The summed E-state index contributed by atoms with van der Waals surface area (Å²) in [6.45, 7) is 0. The Kier molecular flexibility index (Phi) is 3.39. The number of anilines is 1. The van der Waals surface area contributed by atoms with Gasteiger partial charge in [-0.05, 0) is 35.7 Å². The average molecular weight is 297 g/mol. The number of nitrogens with zero attached hydrogens (tertiary/aromatic N) is 2. The Labute approximate surface area is 130 Å². The highest BCUT2D eigenvalue weighted by atomic mass is 35.5. The summed E-state index contributed by atoms with van der Waals surface area (Å²) in [6, 6.07) is 18.6. The molecule has 1 aliphatic rings. The second kappa shape index (κ2) is 5.09. The van der Waals surface area contributed by atoms with Gasteiger partial charge in [0.25, 0.3) is 0 Å². The molecule has 0 bridgehead atoms. The predicted molar refractivity (Wildman–Crippen MR) is 86.9 cm³/mol. The molecule has 2 unspecified atom stereocenters. The number of nitriles is 1. The molecule has 0 radical (unpaired) electrons. The SMILES string of the molecule is CN(C)c1ccccc1C1CC1(C#N)c1ccc(Cl)cc1. The molecule has 3 rings (SSSR count). The number of benzene rings is 2. The Morgan fingerprint density at radius 2 is 1.81 bits per heavy atom. The highest BCUT2D eigenvalue weighted by Crippen LogP contribution is 2.61. The second-order valence-corrected chi connectivity index (χ2v) is 6.24. The van der Waals surface area contributed by atoms with Crippen LogP contribution >= 0.6 is 11.6 Å². The molecule has 21 heavy (non-hydrogen) atoms. The summed E-state index contributed by atoms with van der Waals surface area (Å²) in [5, 5.41) is 10.5. The molecule has 0 amide bonds. The van der Waals surface area contributed by atoms with Crippen molar-refractivity contribution in [3.63, 3.8) is 0 Å². The minimum Gasteiger partial charge on any atom is -0.377 e. The number of halogens is 1. The zero-order chi connectivity index (χ0) is 15.0. The van der Waals surface area contributed by atoms with Crippen LogP contribution in [0.25, 0.3) is 0 Å². The van der Waals surface area contributed by atoms with Gasteiger partial charge in [-0.2, -0.15) is 5.26 Å². The summed E-state index contributed by atoms with van der Waals surface area (Å²) >= 11 is 5.96. The molecule has 0 aromatic heterocycles. The van der Waals surface area contributed by atoms with Gasteiger partial charge in [0.1, 0.15) is 0 Å². The van der Waals surface area contributed by atoms with E-state index >= 15 is 0 Å². The molecule has 0 heterocycles. The molecule has 1 saturated carbocycles. The first kappa shape index (κ1) is 14.0. The van der Waals surface area contributed by atoms with E-state index in [2.05, 4.69) is 23.1 Å². The molecular weight excluding hydrogens is 280 g/mol. The number of para-hydroxylation sites is 1. The molecule has 0 saturated heterocycles. The van der Waals surface area contributed by atoms with Crippen LogP contribution in [-0.2, 0) is 5.41 Å². The van der Waals surface area contributed by atoms with Crippen molar-refractivity contribution >= 4 is 17.3 Å². The van der Waals surface area contributed by atoms with E-state index < -0.39 is 5.41 Å². The van der Waals surface area contributed by atoms with E-state index in [9.17, 15) is 5.26 Å². The molecule has 106 valence electrons. The van der Waals surface area contributed by atoms with Gasteiger partial charge in [-0.15, -0.1) is 0 Å². The van der Waals surface area contributed by atoms with Crippen LogP contribution in [0.1, 0.15) is 23.5 Å². The van der Waals surface area contributed by atoms with Gasteiger partial charge in [0.05, 0.1) is 11.5 Å². The summed E-state index contributed by atoms with van der Waals surface area (Å²) in [6.07, 6.45) is 0.871. The van der Waals surface area contributed by atoms with Crippen molar-refractivity contribution in [2.75, 3.05) is 19.0 Å². The third-order valence-electron chi connectivity index (χ3n) is 4.31. The van der Waals surface area contributed by atoms with Crippen LogP contribution in [-0.4, -0.2) is 14.1 Å². The lowest BCUT2D eigenvalue weighted by molar-refractivity contribution is 0.853. The number of hydrogen-bond acceptors (Lipinski definition) is 2. The Morgan fingerprint density at radius 3 is 2.43 bits per heavy atom. The van der Waals surface area contributed by atoms with E-state index in [1.807, 2.05) is 50.5 Å². The Balaban J connectivity index is 2.00. The quantitative estimate of drug-likeness (QED) is 0.841. The maximum atomic E-state index is 9.74. The van der Waals surface area contributed by atoms with Crippen LogP contribution < -0.4 is 4.90 Å². The molecular formula is C18H17ClN2. The van der Waals surface area contributed by atoms with E-state index in [0.29, 0.717) is 5.02 Å². The smallest absolute Gasteiger partial charge is 0.0898 e. The van der Waals surface area contributed by atoms with Crippen molar-refractivity contribution < 1.29 is 0 Å². The van der Waals surface area contributed by atoms with Gasteiger partial charge in [-0.25, -0.2) is 0 Å². The summed E-state index contributed by atoms with van der Waals surface area (Å²) in [7, 11) is 4.08. The Bertz CT molecular complexity index is 700. The number of hydrogen-bond donors (Lipinski definition) is 0. The lowest BCUT2D eigenvalue weighted by atomic mass is 9.91. The van der Waals surface area contributed by atoms with Gasteiger partial charge >= 0.3 is 0 Å². The molecule has 0 aliphatic heterocycles. The topological polar surface area (TPSA) is 27.0 Å². The third kappa shape index (κ3) is 2.28. The predicted octanol–water partition coefficient (Wildman–Crippen LogP) is 4.35. The maximum Gasteiger partial charge on any atom is 0.0898 e.